The van der Waals surface area contributed by atoms with Crippen LogP contribution in [0.2, 0.25) is 0 Å². The molecule has 0 spiro atoms. The smallest absolute Gasteiger partial charge is 0.363 e. The maximum absolute atomic E-state index is 13.8. The third-order valence-corrected chi connectivity index (χ3v) is 6.46. The minimum Gasteiger partial charge on any atom is -0.363 e. The highest BCUT2D eigenvalue weighted by molar-refractivity contribution is 7.10. The predicted octanol–water partition coefficient (Wildman–Crippen LogP) is 5.07. The summed E-state index contributed by atoms with van der Waals surface area (Å²) in [5.74, 6) is 0.421. The highest BCUT2D eigenvalue weighted by Crippen LogP contribution is 2.45. The number of halogens is 3. The molecule has 1 fully saturated rings. The molecular weight excluding hydrogens is 389 g/mol. The van der Waals surface area contributed by atoms with Crippen LogP contribution in [0.25, 0.3) is 0 Å². The fourth-order valence-electron chi connectivity index (χ4n) is 4.16. The lowest BCUT2D eigenvalue weighted by atomic mass is 10.0. The van der Waals surface area contributed by atoms with Gasteiger partial charge >= 0.3 is 6.18 Å². The topological polar surface area (TPSA) is 50.2 Å². The molecule has 1 saturated heterocycles. The Morgan fingerprint density at radius 1 is 1.43 bits per heavy atom. The number of thiophene rings is 1. The van der Waals surface area contributed by atoms with E-state index in [0.717, 1.165) is 28.8 Å². The van der Waals surface area contributed by atoms with Gasteiger partial charge < -0.3 is 10.2 Å². The first-order chi connectivity index (χ1) is 13.4. The van der Waals surface area contributed by atoms with Gasteiger partial charge in [-0.3, -0.25) is 4.79 Å². The van der Waals surface area contributed by atoms with Gasteiger partial charge in [-0.15, -0.1) is 11.3 Å². The highest BCUT2D eigenvalue weighted by Gasteiger charge is 2.47. The van der Waals surface area contributed by atoms with Crippen molar-refractivity contribution in [1.82, 2.24) is 14.7 Å². The van der Waals surface area contributed by atoms with Crippen LogP contribution in [0.4, 0.5) is 19.0 Å². The summed E-state index contributed by atoms with van der Waals surface area (Å²) in [7, 11) is 0. The predicted molar refractivity (Wildman–Crippen MR) is 101 cm³/mol. The average molecular weight is 412 g/mol. The monoisotopic (exact) mass is 412 g/mol. The van der Waals surface area contributed by atoms with Gasteiger partial charge in [-0.25, -0.2) is 4.68 Å². The Morgan fingerprint density at radius 3 is 2.93 bits per heavy atom. The number of hydrogen-bond acceptors (Lipinski definition) is 4. The molecule has 5 nitrogen and oxygen atoms in total. The molecule has 2 aliphatic heterocycles. The Balaban J connectivity index is 1.66. The van der Waals surface area contributed by atoms with Crippen molar-refractivity contribution in [2.24, 2.45) is 0 Å². The number of nitrogens with one attached hydrogen (secondary N) is 1. The van der Waals surface area contributed by atoms with Crippen molar-refractivity contribution in [1.29, 1.82) is 0 Å². The van der Waals surface area contributed by atoms with Crippen LogP contribution in [-0.4, -0.2) is 33.3 Å². The van der Waals surface area contributed by atoms with Gasteiger partial charge in [0.2, 0.25) is 5.91 Å². The first-order valence-electron chi connectivity index (χ1n) is 9.64. The second-order valence-corrected chi connectivity index (χ2v) is 8.38. The van der Waals surface area contributed by atoms with Gasteiger partial charge in [0.1, 0.15) is 5.82 Å². The number of amides is 1. The fraction of sp³-hybridized carbons (Fsp3) is 0.579. The number of alkyl halides is 3. The van der Waals surface area contributed by atoms with Crippen LogP contribution in [0.1, 0.15) is 67.7 Å². The van der Waals surface area contributed by atoms with Crippen LogP contribution < -0.4 is 5.32 Å². The van der Waals surface area contributed by atoms with Crippen molar-refractivity contribution in [3.8, 4) is 0 Å². The lowest BCUT2D eigenvalue weighted by Crippen LogP contribution is -2.35. The van der Waals surface area contributed by atoms with E-state index in [0.29, 0.717) is 24.5 Å². The zero-order valence-corrected chi connectivity index (χ0v) is 16.4. The molecule has 4 heterocycles. The van der Waals surface area contributed by atoms with Crippen molar-refractivity contribution in [3.05, 3.63) is 34.2 Å². The molecule has 4 rings (SSSR count). The molecule has 3 atom stereocenters. The van der Waals surface area contributed by atoms with E-state index in [2.05, 4.69) is 10.4 Å². The van der Waals surface area contributed by atoms with E-state index in [1.165, 1.54) is 11.3 Å². The van der Waals surface area contributed by atoms with Gasteiger partial charge in [0.05, 0.1) is 17.8 Å². The van der Waals surface area contributed by atoms with Gasteiger partial charge in [0.25, 0.3) is 0 Å². The second-order valence-electron chi connectivity index (χ2n) is 7.40. The summed E-state index contributed by atoms with van der Waals surface area (Å²) in [5.41, 5.74) is 0.547. The number of aromatic nitrogens is 2. The number of nitrogens with zero attached hydrogens (tertiary/aromatic N) is 3. The molecule has 2 aromatic heterocycles. The molecule has 0 saturated carbocycles. The van der Waals surface area contributed by atoms with Crippen molar-refractivity contribution < 1.29 is 18.0 Å². The summed E-state index contributed by atoms with van der Waals surface area (Å²) in [5, 5.41) is 9.42. The largest absolute Gasteiger partial charge is 0.410 e. The second kappa shape index (κ2) is 7.42. The van der Waals surface area contributed by atoms with Crippen molar-refractivity contribution in [3.63, 3.8) is 0 Å². The summed E-state index contributed by atoms with van der Waals surface area (Å²) in [6, 6.07) is 3.08. The first kappa shape index (κ1) is 19.3. The summed E-state index contributed by atoms with van der Waals surface area (Å²) < 4.78 is 42.4. The number of rotatable bonds is 4. The van der Waals surface area contributed by atoms with Crippen LogP contribution in [0.15, 0.2) is 23.6 Å². The van der Waals surface area contributed by atoms with Crippen LogP contribution in [-0.2, 0) is 4.79 Å². The summed E-state index contributed by atoms with van der Waals surface area (Å²) in [6.07, 6.45) is -1.70. The molecule has 2 aliphatic rings. The van der Waals surface area contributed by atoms with Crippen molar-refractivity contribution >= 4 is 23.1 Å². The number of likely N-dealkylation sites (tertiary alicyclic amines) is 1. The molecule has 1 amide bonds. The number of carbonyl (C=O) groups is 1. The van der Waals surface area contributed by atoms with E-state index >= 15 is 0 Å². The number of anilines is 1. The van der Waals surface area contributed by atoms with E-state index < -0.39 is 18.3 Å². The zero-order chi connectivity index (χ0) is 19.9. The molecule has 0 aliphatic carbocycles. The zero-order valence-electron chi connectivity index (χ0n) is 15.6. The number of hydrogen-bond donors (Lipinski definition) is 1. The third kappa shape index (κ3) is 3.52. The Kier molecular flexibility index (Phi) is 5.11. The molecule has 0 aromatic carbocycles. The quantitative estimate of drug-likeness (QED) is 0.763. The van der Waals surface area contributed by atoms with Gasteiger partial charge in [-0.1, -0.05) is 13.0 Å². The standard InChI is InChI=1S/C19H23F3N4OS/c1-2-5-18(27)25-8-3-6-14(25)12-11-17-23-13(15-7-4-9-28-15)10-16(19(20,21)22)26(17)24-12/h4,7,9,11,13-14,16,23H,2-3,5-6,8,10H2,1H3/t13-,14?,16+/m0/s1. The lowest BCUT2D eigenvalue weighted by Gasteiger charge is -2.32. The Bertz CT molecular complexity index is 833. The highest BCUT2D eigenvalue weighted by atomic mass is 32.1. The summed E-state index contributed by atoms with van der Waals surface area (Å²) in [4.78, 5) is 15.1. The Morgan fingerprint density at radius 2 is 2.25 bits per heavy atom. The molecule has 1 unspecified atom stereocenters. The van der Waals surface area contributed by atoms with Gasteiger partial charge in [0.15, 0.2) is 6.04 Å². The van der Waals surface area contributed by atoms with Gasteiger partial charge in [0, 0.05) is 30.3 Å². The van der Waals surface area contributed by atoms with Crippen LogP contribution in [0, 0.1) is 0 Å². The van der Waals surface area contributed by atoms with Crippen LogP contribution >= 0.6 is 11.3 Å². The van der Waals surface area contributed by atoms with Crippen molar-refractivity contribution in [2.45, 2.75) is 63.3 Å². The van der Waals surface area contributed by atoms with E-state index in [-0.39, 0.29) is 18.4 Å². The minimum absolute atomic E-state index is 0.0489. The first-order valence-corrected chi connectivity index (χ1v) is 10.5. The Hall–Kier alpha value is -2.03. The third-order valence-electron chi connectivity index (χ3n) is 5.47. The average Bonchev–Trinajstić information content (AvgIpc) is 3.38. The molecule has 0 radical (unpaired) electrons. The van der Waals surface area contributed by atoms with Crippen molar-refractivity contribution in [2.75, 3.05) is 11.9 Å². The molecule has 9 heteroatoms. The molecule has 152 valence electrons. The fourth-order valence-corrected chi connectivity index (χ4v) is 4.95. The summed E-state index contributed by atoms with van der Waals surface area (Å²) in [6.45, 7) is 2.58. The molecule has 1 N–H and O–H groups in total. The maximum Gasteiger partial charge on any atom is 0.410 e. The molecule has 0 bridgehead atoms. The lowest BCUT2D eigenvalue weighted by molar-refractivity contribution is -0.173. The van der Waals surface area contributed by atoms with Gasteiger partial charge in [-0.2, -0.15) is 18.3 Å². The summed E-state index contributed by atoms with van der Waals surface area (Å²) >= 11 is 1.45. The van der Waals surface area contributed by atoms with E-state index in [4.69, 9.17) is 0 Å². The van der Waals surface area contributed by atoms with E-state index in [9.17, 15) is 18.0 Å². The van der Waals surface area contributed by atoms with Crippen LogP contribution in [0.3, 0.4) is 0 Å². The number of carbonyl (C=O) groups excluding carboxylic acids is 1. The van der Waals surface area contributed by atoms with Crippen LogP contribution in [0.5, 0.6) is 0 Å². The normalized spacial score (nSPS) is 24.9. The van der Waals surface area contributed by atoms with E-state index in [1.807, 2.05) is 24.4 Å². The molecule has 2 aromatic rings. The van der Waals surface area contributed by atoms with Gasteiger partial charge in [-0.05, 0) is 30.7 Å². The minimum atomic E-state index is -4.39. The number of fused-ring (bicyclic) bond motifs is 1. The maximum atomic E-state index is 13.8. The molecule has 28 heavy (non-hydrogen) atoms. The SMILES string of the molecule is CCCC(=O)N1CCCC1c1cc2n(n1)[C@@H](C(F)(F)F)C[C@@H](c1cccs1)N2. The molecular formula is C19H23F3N4OS. The Labute approximate surface area is 165 Å². The van der Waals surface area contributed by atoms with E-state index in [1.54, 1.807) is 11.0 Å².